The number of hydrogen-bond acceptors (Lipinski definition) is 2. The Morgan fingerprint density at radius 3 is 2.50 bits per heavy atom. The highest BCUT2D eigenvalue weighted by Gasteiger charge is 2.01. The third-order valence-corrected chi connectivity index (χ3v) is 3.46. The van der Waals surface area contributed by atoms with Gasteiger partial charge in [0.05, 0.1) is 12.6 Å². The number of allylic oxidation sites excluding steroid dienone is 1. The van der Waals surface area contributed by atoms with Gasteiger partial charge in [-0.15, -0.1) is 0 Å². The number of benzene rings is 2. The van der Waals surface area contributed by atoms with E-state index in [1.54, 1.807) is 6.21 Å². The van der Waals surface area contributed by atoms with Crippen molar-refractivity contribution in [2.24, 2.45) is 5.10 Å². The van der Waals surface area contributed by atoms with Crippen LogP contribution in [0.15, 0.2) is 69.7 Å². The zero-order valence-corrected chi connectivity index (χ0v) is 13.9. The fourth-order valence-corrected chi connectivity index (χ4v) is 2.15. The van der Waals surface area contributed by atoms with Gasteiger partial charge < -0.3 is 0 Å². The molecule has 0 aliphatic rings. The minimum absolute atomic E-state index is 0.133. The van der Waals surface area contributed by atoms with Crippen LogP contribution in [0.25, 0.3) is 6.08 Å². The molecule has 2 aromatic rings. The van der Waals surface area contributed by atoms with Gasteiger partial charge in [-0.3, -0.25) is 4.79 Å². The summed E-state index contributed by atoms with van der Waals surface area (Å²) in [5, 5.41) is 3.98. The molecule has 0 unspecified atom stereocenters. The third-order valence-electron chi connectivity index (χ3n) is 2.93. The summed E-state index contributed by atoms with van der Waals surface area (Å²) in [7, 11) is 0. The normalized spacial score (nSPS) is 11.6. The van der Waals surface area contributed by atoms with E-state index >= 15 is 0 Å². The molecule has 22 heavy (non-hydrogen) atoms. The highest BCUT2D eigenvalue weighted by atomic mass is 79.9. The first-order valence-electron chi connectivity index (χ1n) is 6.93. The molecule has 0 spiro atoms. The van der Waals surface area contributed by atoms with E-state index in [-0.39, 0.29) is 5.91 Å². The zero-order chi connectivity index (χ0) is 15.8. The van der Waals surface area contributed by atoms with E-state index in [2.05, 4.69) is 26.5 Å². The number of nitrogens with zero attached hydrogens (tertiary/aromatic N) is 1. The maximum absolute atomic E-state index is 11.8. The molecular formula is C18H17BrN2O. The molecule has 0 aliphatic heterocycles. The minimum atomic E-state index is -0.133. The Hall–Kier alpha value is -2.20. The van der Waals surface area contributed by atoms with Crippen molar-refractivity contribution in [2.45, 2.75) is 13.3 Å². The molecule has 0 bridgehead atoms. The van der Waals surface area contributed by atoms with E-state index in [1.165, 1.54) is 0 Å². The van der Waals surface area contributed by atoms with E-state index in [1.807, 2.05) is 67.6 Å². The Morgan fingerprint density at radius 2 is 1.82 bits per heavy atom. The molecule has 2 rings (SSSR count). The highest BCUT2D eigenvalue weighted by Crippen LogP contribution is 2.10. The molecule has 0 saturated heterocycles. The number of hydrazone groups is 1. The summed E-state index contributed by atoms with van der Waals surface area (Å²) in [5.74, 6) is -0.133. The standard InChI is InChI=1S/C18H17BrN2O/c1-14(11-15-5-3-2-4-6-15)13-20-21-18(22)12-16-7-9-17(19)10-8-16/h2-11,13H,12H2,1H3,(H,21,22)/b14-11+,20-13+. The Bertz CT molecular complexity index is 676. The van der Waals surface area contributed by atoms with Gasteiger partial charge in [0.1, 0.15) is 0 Å². The van der Waals surface area contributed by atoms with Crippen LogP contribution in [-0.2, 0) is 11.2 Å². The molecule has 1 N–H and O–H groups in total. The fraction of sp³-hybridized carbons (Fsp3) is 0.111. The topological polar surface area (TPSA) is 41.5 Å². The first-order chi connectivity index (χ1) is 10.6. The van der Waals surface area contributed by atoms with Gasteiger partial charge in [0, 0.05) is 4.47 Å². The molecule has 0 heterocycles. The van der Waals surface area contributed by atoms with Crippen LogP contribution in [0.1, 0.15) is 18.1 Å². The monoisotopic (exact) mass is 356 g/mol. The quantitative estimate of drug-likeness (QED) is 0.633. The Balaban J connectivity index is 1.85. The second-order valence-electron chi connectivity index (χ2n) is 4.90. The van der Waals surface area contributed by atoms with Gasteiger partial charge in [-0.2, -0.15) is 5.10 Å². The molecule has 0 radical (unpaired) electrons. The highest BCUT2D eigenvalue weighted by molar-refractivity contribution is 9.10. The van der Waals surface area contributed by atoms with Crippen LogP contribution in [0.3, 0.4) is 0 Å². The lowest BCUT2D eigenvalue weighted by atomic mass is 10.1. The molecule has 0 atom stereocenters. The average molecular weight is 357 g/mol. The molecule has 0 aromatic heterocycles. The molecule has 1 amide bonds. The van der Waals surface area contributed by atoms with Crippen molar-refractivity contribution < 1.29 is 4.79 Å². The van der Waals surface area contributed by atoms with Crippen molar-refractivity contribution in [2.75, 3.05) is 0 Å². The van der Waals surface area contributed by atoms with Gasteiger partial charge in [-0.05, 0) is 35.8 Å². The van der Waals surface area contributed by atoms with Crippen LogP contribution in [0.2, 0.25) is 0 Å². The van der Waals surface area contributed by atoms with Gasteiger partial charge in [0.2, 0.25) is 5.91 Å². The number of hydrogen-bond donors (Lipinski definition) is 1. The van der Waals surface area contributed by atoms with E-state index in [9.17, 15) is 4.79 Å². The van der Waals surface area contributed by atoms with E-state index < -0.39 is 0 Å². The second-order valence-corrected chi connectivity index (χ2v) is 5.81. The molecule has 112 valence electrons. The predicted molar refractivity (Wildman–Crippen MR) is 94.6 cm³/mol. The van der Waals surface area contributed by atoms with Crippen LogP contribution in [0.4, 0.5) is 0 Å². The minimum Gasteiger partial charge on any atom is -0.273 e. The molecule has 0 fully saturated rings. The Kier molecular flexibility index (Phi) is 6.10. The maximum Gasteiger partial charge on any atom is 0.244 e. The van der Waals surface area contributed by atoms with Gasteiger partial charge in [-0.25, -0.2) is 5.43 Å². The third kappa shape index (κ3) is 5.66. The van der Waals surface area contributed by atoms with Crippen molar-refractivity contribution in [3.05, 3.63) is 75.8 Å². The lowest BCUT2D eigenvalue weighted by Gasteiger charge is -2.01. The van der Waals surface area contributed by atoms with Gasteiger partial charge in [-0.1, -0.05) is 64.5 Å². The Morgan fingerprint density at radius 1 is 1.14 bits per heavy atom. The molecule has 0 saturated carbocycles. The Labute approximate surface area is 138 Å². The van der Waals surface area contributed by atoms with Crippen molar-refractivity contribution in [3.63, 3.8) is 0 Å². The first-order valence-corrected chi connectivity index (χ1v) is 7.72. The number of carbonyl (C=O) groups is 1. The lowest BCUT2D eigenvalue weighted by molar-refractivity contribution is -0.120. The smallest absolute Gasteiger partial charge is 0.244 e. The van der Waals surface area contributed by atoms with Gasteiger partial charge in [0.25, 0.3) is 0 Å². The van der Waals surface area contributed by atoms with E-state index in [0.29, 0.717) is 6.42 Å². The average Bonchev–Trinajstić information content (AvgIpc) is 2.50. The summed E-state index contributed by atoms with van der Waals surface area (Å²) >= 11 is 3.37. The number of halogens is 1. The fourth-order valence-electron chi connectivity index (χ4n) is 1.88. The summed E-state index contributed by atoms with van der Waals surface area (Å²) in [6, 6.07) is 17.6. The SMILES string of the molecule is CC(/C=N/NC(=O)Cc1ccc(Br)cc1)=C\c1ccccc1. The van der Waals surface area contributed by atoms with Crippen LogP contribution in [0.5, 0.6) is 0 Å². The number of nitrogens with one attached hydrogen (secondary N) is 1. The number of carbonyl (C=O) groups excluding carboxylic acids is 1. The summed E-state index contributed by atoms with van der Waals surface area (Å²) in [5.41, 5.74) is 5.56. The van der Waals surface area contributed by atoms with E-state index in [0.717, 1.165) is 21.2 Å². The van der Waals surface area contributed by atoms with Crippen molar-refractivity contribution in [1.82, 2.24) is 5.43 Å². The zero-order valence-electron chi connectivity index (χ0n) is 12.3. The summed E-state index contributed by atoms with van der Waals surface area (Å²) in [6.45, 7) is 1.94. The molecule has 3 nitrogen and oxygen atoms in total. The van der Waals surface area contributed by atoms with Gasteiger partial charge in [0.15, 0.2) is 0 Å². The lowest BCUT2D eigenvalue weighted by Crippen LogP contribution is -2.19. The predicted octanol–water partition coefficient (Wildman–Crippen LogP) is 4.20. The van der Waals surface area contributed by atoms with Crippen molar-refractivity contribution in [3.8, 4) is 0 Å². The van der Waals surface area contributed by atoms with Crippen LogP contribution < -0.4 is 5.43 Å². The van der Waals surface area contributed by atoms with Crippen LogP contribution in [-0.4, -0.2) is 12.1 Å². The summed E-state index contributed by atoms with van der Waals surface area (Å²) in [6.07, 6.45) is 3.96. The van der Waals surface area contributed by atoms with Crippen LogP contribution >= 0.6 is 15.9 Å². The summed E-state index contributed by atoms with van der Waals surface area (Å²) < 4.78 is 0.997. The molecule has 4 heteroatoms. The van der Waals surface area contributed by atoms with E-state index in [4.69, 9.17) is 0 Å². The first kappa shape index (κ1) is 16.2. The molecule has 2 aromatic carbocycles. The van der Waals surface area contributed by atoms with Crippen molar-refractivity contribution in [1.29, 1.82) is 0 Å². The maximum atomic E-state index is 11.8. The molecule has 0 aliphatic carbocycles. The van der Waals surface area contributed by atoms with Crippen LogP contribution in [0, 0.1) is 0 Å². The largest absolute Gasteiger partial charge is 0.273 e. The van der Waals surface area contributed by atoms with Gasteiger partial charge >= 0.3 is 0 Å². The number of amides is 1. The van der Waals surface area contributed by atoms with Crippen molar-refractivity contribution >= 4 is 34.1 Å². The summed E-state index contributed by atoms with van der Waals surface area (Å²) in [4.78, 5) is 11.8. The number of rotatable bonds is 5. The second kappa shape index (κ2) is 8.29. The molecular weight excluding hydrogens is 340 g/mol.